The minimum Gasteiger partial charge on any atom is -0.342 e. The molecule has 27 heavy (non-hydrogen) atoms. The zero-order valence-corrected chi connectivity index (χ0v) is 16.3. The molecule has 3 rings (SSSR count). The number of β-lactam (4-membered cyclic amide) rings is 1. The highest BCUT2D eigenvalue weighted by molar-refractivity contribution is 5.99. The molecule has 2 aliphatic heterocycles. The fourth-order valence-electron chi connectivity index (χ4n) is 3.91. The predicted octanol–water partition coefficient (Wildman–Crippen LogP) is 0.742. The lowest BCUT2D eigenvalue weighted by Crippen LogP contribution is -2.74. The molecule has 1 spiro atoms. The van der Waals surface area contributed by atoms with Gasteiger partial charge in [0.25, 0.3) is 5.91 Å². The van der Waals surface area contributed by atoms with Gasteiger partial charge in [0.05, 0.1) is 13.1 Å². The smallest absolute Gasteiger partial charge is 0.250 e. The van der Waals surface area contributed by atoms with E-state index in [-0.39, 0.29) is 36.1 Å². The largest absolute Gasteiger partial charge is 0.342 e. The van der Waals surface area contributed by atoms with Gasteiger partial charge in [0.1, 0.15) is 11.6 Å². The summed E-state index contributed by atoms with van der Waals surface area (Å²) < 4.78 is 5.06. The summed E-state index contributed by atoms with van der Waals surface area (Å²) in [5.41, 5.74) is -0.744. The van der Waals surface area contributed by atoms with Crippen LogP contribution in [0.1, 0.15) is 52.5 Å². The van der Waals surface area contributed by atoms with Gasteiger partial charge in [0.15, 0.2) is 6.33 Å². The van der Waals surface area contributed by atoms with Crippen molar-refractivity contribution in [1.29, 1.82) is 0 Å². The number of amides is 3. The monoisotopic (exact) mass is 377 g/mol. The normalized spacial score (nSPS) is 23.3. The van der Waals surface area contributed by atoms with E-state index in [1.165, 1.54) is 11.2 Å². The molecule has 2 aliphatic rings. The molecule has 1 aromatic heterocycles. The first-order valence-corrected chi connectivity index (χ1v) is 9.43. The van der Waals surface area contributed by atoms with E-state index < -0.39 is 11.6 Å². The maximum Gasteiger partial charge on any atom is 0.250 e. The molecule has 1 N–H and O–H groups in total. The topological polar surface area (TPSA) is 109 Å². The van der Waals surface area contributed by atoms with Crippen molar-refractivity contribution in [3.63, 3.8) is 0 Å². The Balaban J connectivity index is 1.61. The molecule has 2 atom stereocenters. The van der Waals surface area contributed by atoms with Crippen LogP contribution in [-0.4, -0.2) is 62.8 Å². The summed E-state index contributed by atoms with van der Waals surface area (Å²) in [6.45, 7) is 8.53. The first kappa shape index (κ1) is 19.3. The molecule has 9 nitrogen and oxygen atoms in total. The molecule has 0 aliphatic carbocycles. The van der Waals surface area contributed by atoms with E-state index in [4.69, 9.17) is 4.52 Å². The van der Waals surface area contributed by atoms with Crippen molar-refractivity contribution in [3.05, 3.63) is 12.2 Å². The van der Waals surface area contributed by atoms with Crippen LogP contribution in [-0.2, 0) is 14.4 Å². The van der Waals surface area contributed by atoms with Gasteiger partial charge in [-0.1, -0.05) is 32.9 Å². The molecule has 0 radical (unpaired) electrons. The highest BCUT2D eigenvalue weighted by Gasteiger charge is 2.59. The third-order valence-electron chi connectivity index (χ3n) is 5.35. The van der Waals surface area contributed by atoms with E-state index in [9.17, 15) is 14.4 Å². The Labute approximate surface area is 158 Å². The lowest BCUT2D eigenvalue weighted by Gasteiger charge is -2.51. The minimum absolute atomic E-state index is 0.00113. The Bertz CT molecular complexity index is 717. The third kappa shape index (κ3) is 3.42. The van der Waals surface area contributed by atoms with Crippen LogP contribution in [0.2, 0.25) is 0 Å². The van der Waals surface area contributed by atoms with Crippen LogP contribution in [0.3, 0.4) is 0 Å². The molecular weight excluding hydrogens is 350 g/mol. The van der Waals surface area contributed by atoms with Crippen molar-refractivity contribution >= 4 is 17.7 Å². The van der Waals surface area contributed by atoms with Gasteiger partial charge in [-0.25, -0.2) is 0 Å². The number of carbonyl (C=O) groups is 3. The van der Waals surface area contributed by atoms with Gasteiger partial charge in [-0.15, -0.1) is 0 Å². The highest BCUT2D eigenvalue weighted by atomic mass is 16.5. The second-order valence-corrected chi connectivity index (χ2v) is 8.01. The van der Waals surface area contributed by atoms with Crippen molar-refractivity contribution in [1.82, 2.24) is 25.3 Å². The molecule has 1 aromatic rings. The van der Waals surface area contributed by atoms with Crippen LogP contribution in [0.25, 0.3) is 0 Å². The molecule has 2 saturated heterocycles. The number of likely N-dealkylation sites (tertiary alicyclic amines) is 2. The number of hydrogen-bond donors (Lipinski definition) is 1. The lowest BCUT2D eigenvalue weighted by atomic mass is 9.85. The van der Waals surface area contributed by atoms with E-state index in [2.05, 4.69) is 15.5 Å². The molecule has 0 saturated carbocycles. The Morgan fingerprint density at radius 1 is 1.33 bits per heavy atom. The van der Waals surface area contributed by atoms with Crippen molar-refractivity contribution in [3.8, 4) is 0 Å². The van der Waals surface area contributed by atoms with Gasteiger partial charge in [0, 0.05) is 12.5 Å². The summed E-state index contributed by atoms with van der Waals surface area (Å²) in [5, 5.41) is 6.44. The van der Waals surface area contributed by atoms with Gasteiger partial charge >= 0.3 is 0 Å². The quantitative estimate of drug-likeness (QED) is 0.733. The Hall–Kier alpha value is -2.45. The van der Waals surface area contributed by atoms with Gasteiger partial charge in [-0.3, -0.25) is 14.4 Å². The molecule has 3 amide bonds. The molecule has 3 heterocycles. The first-order chi connectivity index (χ1) is 12.8. The van der Waals surface area contributed by atoms with Crippen LogP contribution >= 0.6 is 0 Å². The van der Waals surface area contributed by atoms with Crippen LogP contribution in [0.5, 0.6) is 0 Å². The fraction of sp³-hybridized carbons (Fsp3) is 0.722. The Morgan fingerprint density at radius 2 is 2.07 bits per heavy atom. The van der Waals surface area contributed by atoms with Crippen molar-refractivity contribution in [2.24, 2.45) is 11.8 Å². The maximum absolute atomic E-state index is 12.8. The number of nitrogens with zero attached hydrogens (tertiary/aromatic N) is 4. The molecular formula is C18H27N5O4. The number of rotatable bonds is 6. The second-order valence-electron chi connectivity index (χ2n) is 8.01. The zero-order valence-electron chi connectivity index (χ0n) is 16.3. The van der Waals surface area contributed by atoms with Gasteiger partial charge in [0.2, 0.25) is 17.7 Å². The van der Waals surface area contributed by atoms with E-state index in [1.54, 1.807) is 4.90 Å². The summed E-state index contributed by atoms with van der Waals surface area (Å²) in [7, 11) is 0. The SMILES string of the molecule is CC(C)C(=O)N1CCCC12CN(CC(=O)NC(c1ncno1)C(C)C)C2=O. The second kappa shape index (κ2) is 7.28. The molecule has 9 heteroatoms. The Kier molecular flexibility index (Phi) is 5.21. The molecule has 2 fully saturated rings. The molecule has 0 bridgehead atoms. The van der Waals surface area contributed by atoms with E-state index in [0.29, 0.717) is 25.4 Å². The predicted molar refractivity (Wildman–Crippen MR) is 95.1 cm³/mol. The summed E-state index contributed by atoms with van der Waals surface area (Å²) in [4.78, 5) is 44.9. The fourth-order valence-corrected chi connectivity index (χ4v) is 3.91. The van der Waals surface area contributed by atoms with E-state index >= 15 is 0 Å². The van der Waals surface area contributed by atoms with Crippen LogP contribution in [0.15, 0.2) is 10.9 Å². The lowest BCUT2D eigenvalue weighted by molar-refractivity contribution is -0.169. The van der Waals surface area contributed by atoms with Crippen molar-refractivity contribution in [2.45, 2.75) is 52.1 Å². The number of carbonyl (C=O) groups excluding carboxylic acids is 3. The zero-order chi connectivity index (χ0) is 19.8. The van der Waals surface area contributed by atoms with Crippen LogP contribution in [0.4, 0.5) is 0 Å². The standard InChI is InChI=1S/C18H27N5O4/c1-11(2)14(15-19-10-20-27-15)21-13(24)8-22-9-18(17(22)26)6-5-7-23(18)16(25)12(3)4/h10-12,14H,5-9H2,1-4H3,(H,21,24). The van der Waals surface area contributed by atoms with Crippen molar-refractivity contribution in [2.75, 3.05) is 19.6 Å². The summed E-state index contributed by atoms with van der Waals surface area (Å²) in [5.74, 6) is -0.165. The molecule has 148 valence electrons. The van der Waals surface area contributed by atoms with Crippen molar-refractivity contribution < 1.29 is 18.9 Å². The van der Waals surface area contributed by atoms with E-state index in [1.807, 2.05) is 27.7 Å². The van der Waals surface area contributed by atoms with E-state index in [0.717, 1.165) is 6.42 Å². The third-order valence-corrected chi connectivity index (χ3v) is 5.35. The molecule has 2 unspecified atom stereocenters. The maximum atomic E-state index is 12.8. The minimum atomic E-state index is -0.744. The highest BCUT2D eigenvalue weighted by Crippen LogP contribution is 2.39. The number of nitrogens with one attached hydrogen (secondary N) is 1. The van der Waals surface area contributed by atoms with Gasteiger partial charge < -0.3 is 19.6 Å². The molecule has 0 aromatic carbocycles. The first-order valence-electron chi connectivity index (χ1n) is 9.43. The average Bonchev–Trinajstić information content (AvgIpc) is 3.29. The van der Waals surface area contributed by atoms with Crippen LogP contribution < -0.4 is 5.32 Å². The van der Waals surface area contributed by atoms with Gasteiger partial charge in [-0.2, -0.15) is 4.98 Å². The summed E-state index contributed by atoms with van der Waals surface area (Å²) >= 11 is 0. The summed E-state index contributed by atoms with van der Waals surface area (Å²) in [6, 6.07) is -0.407. The van der Waals surface area contributed by atoms with Crippen LogP contribution in [0, 0.1) is 11.8 Å². The summed E-state index contributed by atoms with van der Waals surface area (Å²) in [6.07, 6.45) is 2.77. The Morgan fingerprint density at radius 3 is 2.63 bits per heavy atom. The number of aromatic nitrogens is 2. The van der Waals surface area contributed by atoms with Gasteiger partial charge in [-0.05, 0) is 18.8 Å². The average molecular weight is 377 g/mol. The number of hydrogen-bond acceptors (Lipinski definition) is 6.